The van der Waals surface area contributed by atoms with Crippen molar-refractivity contribution in [2.45, 2.75) is 46.3 Å². The fourth-order valence-electron chi connectivity index (χ4n) is 4.33. The third-order valence-corrected chi connectivity index (χ3v) is 5.98. The Kier molecular flexibility index (Phi) is 7.66. The normalized spacial score (nSPS) is 11.2. The van der Waals surface area contributed by atoms with Crippen LogP contribution in [0.1, 0.15) is 53.7 Å². The highest BCUT2D eigenvalue weighted by Crippen LogP contribution is 2.25. The molecule has 0 saturated carbocycles. The first kappa shape index (κ1) is 24.3. The third-order valence-electron chi connectivity index (χ3n) is 5.98. The Hall–Kier alpha value is -3.86. The quantitative estimate of drug-likeness (QED) is 0.254. The molecule has 0 bridgehead atoms. The van der Waals surface area contributed by atoms with Crippen LogP contribution in [-0.4, -0.2) is 21.4 Å². The number of aliphatic carboxylic acids is 1. The van der Waals surface area contributed by atoms with E-state index < -0.39 is 5.97 Å². The number of carbonyl (C=O) groups excluding carboxylic acids is 1. The molecule has 0 fully saturated rings. The van der Waals surface area contributed by atoms with E-state index in [0.717, 1.165) is 28.6 Å². The van der Waals surface area contributed by atoms with E-state index in [0.29, 0.717) is 36.6 Å². The number of aromatic nitrogens is 1. The molecule has 0 spiro atoms. The Bertz CT molecular complexity index is 1320. The maximum absolute atomic E-state index is 13.5. The topological polar surface area (TPSA) is 68.5 Å². The summed E-state index contributed by atoms with van der Waals surface area (Å²) in [4.78, 5) is 24.4. The van der Waals surface area contributed by atoms with Crippen molar-refractivity contribution in [3.8, 4) is 5.75 Å². The van der Waals surface area contributed by atoms with E-state index in [2.05, 4.69) is 26.0 Å². The van der Waals surface area contributed by atoms with Gasteiger partial charge in [0.05, 0.1) is 0 Å². The van der Waals surface area contributed by atoms with Crippen molar-refractivity contribution in [1.82, 2.24) is 4.57 Å². The number of ketones is 1. The number of aryl methyl sites for hydroxylation is 1. The number of ether oxygens (including phenoxy) is 1. The standard InChI is InChI=1S/C30H31NO4/c1-21(2)17-22-12-14-25(15-13-22)35-20-23-7-5-8-24(18-23)30(34)27-19-31(16-6-11-29(32)33)28-10-4-3-9-26(27)28/h3-5,7-10,12-15,18-19,21H,6,11,16-17,20H2,1-2H3,(H,32,33). The van der Waals surface area contributed by atoms with Crippen molar-refractivity contribution in [3.63, 3.8) is 0 Å². The Labute approximate surface area is 206 Å². The van der Waals surface area contributed by atoms with Crippen LogP contribution in [0.4, 0.5) is 0 Å². The highest BCUT2D eigenvalue weighted by atomic mass is 16.5. The summed E-state index contributed by atoms with van der Waals surface area (Å²) < 4.78 is 7.94. The van der Waals surface area contributed by atoms with E-state index in [1.807, 2.05) is 71.4 Å². The van der Waals surface area contributed by atoms with Gasteiger partial charge in [0.15, 0.2) is 5.78 Å². The molecule has 0 unspecified atom stereocenters. The molecule has 0 saturated heterocycles. The van der Waals surface area contributed by atoms with E-state index in [1.54, 1.807) is 0 Å². The molecule has 4 aromatic rings. The molecule has 5 heteroatoms. The molecule has 1 N–H and O–H groups in total. The minimum atomic E-state index is -0.816. The molecule has 35 heavy (non-hydrogen) atoms. The average Bonchev–Trinajstić information content (AvgIpc) is 3.21. The van der Waals surface area contributed by atoms with Crippen molar-refractivity contribution in [2.75, 3.05) is 0 Å². The minimum Gasteiger partial charge on any atom is -0.489 e. The molecule has 0 aliphatic carbocycles. The summed E-state index contributed by atoms with van der Waals surface area (Å²) in [5, 5.41) is 9.83. The van der Waals surface area contributed by atoms with Gasteiger partial charge in [-0.2, -0.15) is 0 Å². The molecule has 5 nitrogen and oxygen atoms in total. The zero-order chi connectivity index (χ0) is 24.8. The first-order valence-electron chi connectivity index (χ1n) is 12.1. The van der Waals surface area contributed by atoms with Crippen molar-refractivity contribution < 1.29 is 19.4 Å². The second-order valence-electron chi connectivity index (χ2n) is 9.31. The van der Waals surface area contributed by atoms with Gasteiger partial charge in [-0.15, -0.1) is 0 Å². The van der Waals surface area contributed by atoms with Gasteiger partial charge in [0.1, 0.15) is 12.4 Å². The van der Waals surface area contributed by atoms with Crippen LogP contribution in [0.5, 0.6) is 5.75 Å². The SMILES string of the molecule is CC(C)Cc1ccc(OCc2cccc(C(=O)c3cn(CCCC(=O)O)c4ccccc34)c2)cc1. The van der Waals surface area contributed by atoms with Crippen LogP contribution >= 0.6 is 0 Å². The lowest BCUT2D eigenvalue weighted by Crippen LogP contribution is -2.04. The second kappa shape index (κ2) is 11.0. The Morgan fingerprint density at radius 1 is 0.943 bits per heavy atom. The second-order valence-corrected chi connectivity index (χ2v) is 9.31. The van der Waals surface area contributed by atoms with Gasteiger partial charge in [-0.05, 0) is 54.2 Å². The molecule has 180 valence electrons. The Balaban J connectivity index is 1.49. The predicted octanol–water partition coefficient (Wildman–Crippen LogP) is 6.51. The van der Waals surface area contributed by atoms with Crippen LogP contribution in [0, 0.1) is 5.92 Å². The fraction of sp³-hybridized carbons (Fsp3) is 0.267. The molecule has 1 aromatic heterocycles. The minimum absolute atomic E-state index is 0.0573. The molecule has 0 atom stereocenters. The van der Waals surface area contributed by atoms with Crippen molar-refractivity contribution >= 4 is 22.7 Å². The van der Waals surface area contributed by atoms with Crippen molar-refractivity contribution in [2.24, 2.45) is 5.92 Å². The van der Waals surface area contributed by atoms with Crippen LogP contribution in [0.3, 0.4) is 0 Å². The van der Waals surface area contributed by atoms with Gasteiger partial charge in [-0.3, -0.25) is 9.59 Å². The summed E-state index contributed by atoms with van der Waals surface area (Å²) in [6.07, 6.45) is 3.49. The molecule has 3 aromatic carbocycles. The zero-order valence-corrected chi connectivity index (χ0v) is 20.2. The number of rotatable bonds is 11. The van der Waals surface area contributed by atoms with Gasteiger partial charge < -0.3 is 14.4 Å². The lowest BCUT2D eigenvalue weighted by molar-refractivity contribution is -0.137. The van der Waals surface area contributed by atoms with Crippen LogP contribution in [-0.2, 0) is 24.4 Å². The molecule has 0 amide bonds. The maximum atomic E-state index is 13.5. The highest BCUT2D eigenvalue weighted by Gasteiger charge is 2.17. The smallest absolute Gasteiger partial charge is 0.303 e. The number of benzene rings is 3. The van der Waals surface area contributed by atoms with Crippen LogP contribution in [0.15, 0.2) is 79.0 Å². The van der Waals surface area contributed by atoms with Crippen molar-refractivity contribution in [1.29, 1.82) is 0 Å². The van der Waals surface area contributed by atoms with Gasteiger partial charge in [0, 0.05) is 41.2 Å². The van der Waals surface area contributed by atoms with Gasteiger partial charge in [0.2, 0.25) is 0 Å². The largest absolute Gasteiger partial charge is 0.489 e. The summed E-state index contributed by atoms with van der Waals surface area (Å²) in [6.45, 7) is 5.33. The summed E-state index contributed by atoms with van der Waals surface area (Å²) in [7, 11) is 0. The van der Waals surface area contributed by atoms with E-state index in [4.69, 9.17) is 9.84 Å². The van der Waals surface area contributed by atoms with Gasteiger partial charge in [-0.25, -0.2) is 0 Å². The summed E-state index contributed by atoms with van der Waals surface area (Å²) in [5.41, 5.74) is 4.37. The maximum Gasteiger partial charge on any atom is 0.303 e. The summed E-state index contributed by atoms with van der Waals surface area (Å²) >= 11 is 0. The number of hydrogen-bond acceptors (Lipinski definition) is 3. The van der Waals surface area contributed by atoms with Gasteiger partial charge in [0.25, 0.3) is 0 Å². The number of hydrogen-bond donors (Lipinski definition) is 1. The number of nitrogens with zero attached hydrogens (tertiary/aromatic N) is 1. The Morgan fingerprint density at radius 3 is 2.46 bits per heavy atom. The first-order chi connectivity index (χ1) is 16.9. The Morgan fingerprint density at radius 2 is 1.71 bits per heavy atom. The molecular formula is C30H31NO4. The van der Waals surface area contributed by atoms with Crippen molar-refractivity contribution in [3.05, 3.63) is 101 Å². The third kappa shape index (κ3) is 6.18. The van der Waals surface area contributed by atoms with E-state index in [1.165, 1.54) is 5.56 Å². The number of carboxylic acids is 1. The molecule has 4 rings (SSSR count). The van der Waals surface area contributed by atoms with Gasteiger partial charge in [-0.1, -0.05) is 62.4 Å². The average molecular weight is 470 g/mol. The molecular weight excluding hydrogens is 438 g/mol. The summed E-state index contributed by atoms with van der Waals surface area (Å²) in [6, 6.07) is 23.5. The molecule has 0 aliphatic rings. The van der Waals surface area contributed by atoms with Crippen LogP contribution in [0.2, 0.25) is 0 Å². The predicted molar refractivity (Wildman–Crippen MR) is 138 cm³/mol. The van der Waals surface area contributed by atoms with Crippen LogP contribution < -0.4 is 4.74 Å². The summed E-state index contributed by atoms with van der Waals surface area (Å²) in [5.74, 6) is 0.542. The molecule has 0 radical (unpaired) electrons. The first-order valence-corrected chi connectivity index (χ1v) is 12.1. The molecule has 0 aliphatic heterocycles. The zero-order valence-electron chi connectivity index (χ0n) is 20.2. The number of carboxylic acid groups (broad SMARTS) is 1. The lowest BCUT2D eigenvalue weighted by Gasteiger charge is -2.09. The monoisotopic (exact) mass is 469 g/mol. The number of para-hydroxylation sites is 1. The van der Waals surface area contributed by atoms with E-state index in [9.17, 15) is 9.59 Å². The van der Waals surface area contributed by atoms with Gasteiger partial charge >= 0.3 is 5.97 Å². The number of fused-ring (bicyclic) bond motifs is 1. The molecule has 1 heterocycles. The van der Waals surface area contributed by atoms with E-state index >= 15 is 0 Å². The highest BCUT2D eigenvalue weighted by molar-refractivity contribution is 6.16. The number of carbonyl (C=O) groups is 2. The van der Waals surface area contributed by atoms with E-state index in [-0.39, 0.29) is 12.2 Å². The lowest BCUT2D eigenvalue weighted by atomic mass is 10.0. The van der Waals surface area contributed by atoms with Crippen LogP contribution in [0.25, 0.3) is 10.9 Å². The fourth-order valence-corrected chi connectivity index (χ4v) is 4.33.